The van der Waals surface area contributed by atoms with Crippen molar-refractivity contribution in [1.82, 2.24) is 0 Å². The highest BCUT2D eigenvalue weighted by atomic mass is 14.8. The van der Waals surface area contributed by atoms with Crippen molar-refractivity contribution in [2.75, 3.05) is 12.3 Å². The molecule has 0 aliphatic carbocycles. The van der Waals surface area contributed by atoms with Crippen molar-refractivity contribution in [3.63, 3.8) is 0 Å². The van der Waals surface area contributed by atoms with E-state index in [0.717, 1.165) is 18.7 Å². The van der Waals surface area contributed by atoms with Crippen molar-refractivity contribution in [3.05, 3.63) is 29.8 Å². The molecule has 0 amide bonds. The van der Waals surface area contributed by atoms with E-state index in [1.165, 1.54) is 17.7 Å². The van der Waals surface area contributed by atoms with E-state index in [4.69, 9.17) is 5.73 Å². The van der Waals surface area contributed by atoms with E-state index in [9.17, 15) is 0 Å². The second-order valence-corrected chi connectivity index (χ2v) is 3.05. The first-order valence-electron chi connectivity index (χ1n) is 4.25. The zero-order chi connectivity index (χ0) is 8.39. The van der Waals surface area contributed by atoms with Crippen molar-refractivity contribution >= 4 is 11.4 Å². The molecule has 2 nitrogen and oxygen atoms in total. The van der Waals surface area contributed by atoms with Gasteiger partial charge in [0.2, 0.25) is 0 Å². The summed E-state index contributed by atoms with van der Waals surface area (Å²) in [5.41, 5.74) is 8.86. The molecule has 2 N–H and O–H groups in total. The maximum atomic E-state index is 5.59. The lowest BCUT2D eigenvalue weighted by Gasteiger charge is -1.99. The molecule has 0 saturated carbocycles. The molecule has 2 heteroatoms. The van der Waals surface area contributed by atoms with Gasteiger partial charge in [0.1, 0.15) is 0 Å². The average Bonchev–Trinajstić information content (AvgIpc) is 2.58. The first-order chi connectivity index (χ1) is 5.86. The molecule has 0 fully saturated rings. The summed E-state index contributed by atoms with van der Waals surface area (Å²) < 4.78 is 0. The number of anilines is 1. The molecular formula is C10H12N2. The fraction of sp³-hybridized carbons (Fsp3) is 0.300. The highest BCUT2D eigenvalue weighted by molar-refractivity contribution is 6.01. The minimum Gasteiger partial charge on any atom is -0.399 e. The van der Waals surface area contributed by atoms with Gasteiger partial charge in [-0.1, -0.05) is 12.1 Å². The van der Waals surface area contributed by atoms with E-state index in [-0.39, 0.29) is 0 Å². The molecule has 0 unspecified atom stereocenters. The third-order valence-electron chi connectivity index (χ3n) is 2.12. The van der Waals surface area contributed by atoms with Crippen LogP contribution in [0.4, 0.5) is 5.69 Å². The quantitative estimate of drug-likeness (QED) is 0.625. The number of benzene rings is 1. The summed E-state index contributed by atoms with van der Waals surface area (Å²) in [5, 5.41) is 0. The summed E-state index contributed by atoms with van der Waals surface area (Å²) in [6.45, 7) is 0.986. The van der Waals surface area contributed by atoms with Gasteiger partial charge < -0.3 is 5.73 Å². The molecule has 0 aromatic heterocycles. The number of hydrogen-bond acceptors (Lipinski definition) is 2. The van der Waals surface area contributed by atoms with Gasteiger partial charge in [-0.05, 0) is 30.5 Å². The number of rotatable bonds is 1. The molecule has 0 spiro atoms. The minimum atomic E-state index is 0.817. The Hall–Kier alpha value is -1.31. The molecule has 2 rings (SSSR count). The summed E-state index contributed by atoms with van der Waals surface area (Å²) in [5.74, 6) is 0. The molecule has 1 heterocycles. The van der Waals surface area contributed by atoms with E-state index >= 15 is 0 Å². The fourth-order valence-electron chi connectivity index (χ4n) is 1.45. The van der Waals surface area contributed by atoms with Crippen molar-refractivity contribution in [2.24, 2.45) is 4.99 Å². The molecule has 0 saturated heterocycles. The topological polar surface area (TPSA) is 38.4 Å². The van der Waals surface area contributed by atoms with Crippen LogP contribution in [-0.4, -0.2) is 12.3 Å². The van der Waals surface area contributed by atoms with Crippen LogP contribution in [0.1, 0.15) is 18.4 Å². The lowest BCUT2D eigenvalue weighted by molar-refractivity contribution is 0.951. The average molecular weight is 160 g/mol. The zero-order valence-electron chi connectivity index (χ0n) is 6.96. The van der Waals surface area contributed by atoms with Crippen LogP contribution in [0.5, 0.6) is 0 Å². The SMILES string of the molecule is Nc1ccc(C2=NCCC2)cc1. The summed E-state index contributed by atoms with van der Waals surface area (Å²) >= 11 is 0. The molecule has 12 heavy (non-hydrogen) atoms. The van der Waals surface area contributed by atoms with Gasteiger partial charge in [-0.25, -0.2) is 0 Å². The number of nitrogen functional groups attached to an aromatic ring is 1. The summed E-state index contributed by atoms with van der Waals surface area (Å²) in [4.78, 5) is 4.41. The Bertz CT molecular complexity index is 298. The molecule has 62 valence electrons. The smallest absolute Gasteiger partial charge is 0.0421 e. The van der Waals surface area contributed by atoms with E-state index in [2.05, 4.69) is 4.99 Å². The van der Waals surface area contributed by atoms with Crippen LogP contribution in [0.2, 0.25) is 0 Å². The predicted octanol–water partition coefficient (Wildman–Crippen LogP) is 1.85. The van der Waals surface area contributed by atoms with Crippen molar-refractivity contribution in [1.29, 1.82) is 0 Å². The predicted molar refractivity (Wildman–Crippen MR) is 51.5 cm³/mol. The van der Waals surface area contributed by atoms with Gasteiger partial charge in [0, 0.05) is 17.9 Å². The van der Waals surface area contributed by atoms with Gasteiger partial charge in [-0.15, -0.1) is 0 Å². The third-order valence-corrected chi connectivity index (χ3v) is 2.12. The molecule has 0 radical (unpaired) electrons. The van der Waals surface area contributed by atoms with Gasteiger partial charge in [0.25, 0.3) is 0 Å². The van der Waals surface area contributed by atoms with Gasteiger partial charge in [0.15, 0.2) is 0 Å². The molecule has 1 aromatic carbocycles. The Kier molecular flexibility index (Phi) is 1.82. The molecular weight excluding hydrogens is 148 g/mol. The number of aliphatic imine (C=N–C) groups is 1. The molecule has 1 aliphatic heterocycles. The van der Waals surface area contributed by atoms with Gasteiger partial charge >= 0.3 is 0 Å². The molecule has 0 bridgehead atoms. The Balaban J connectivity index is 2.28. The lowest BCUT2D eigenvalue weighted by atomic mass is 10.1. The van der Waals surface area contributed by atoms with Crippen molar-refractivity contribution in [3.8, 4) is 0 Å². The van der Waals surface area contributed by atoms with Gasteiger partial charge in [0.05, 0.1) is 0 Å². The molecule has 0 atom stereocenters. The lowest BCUT2D eigenvalue weighted by Crippen LogP contribution is -1.95. The largest absolute Gasteiger partial charge is 0.399 e. The van der Waals surface area contributed by atoms with Crippen LogP contribution in [-0.2, 0) is 0 Å². The first kappa shape index (κ1) is 7.35. The Morgan fingerprint density at radius 3 is 2.50 bits per heavy atom. The Labute approximate surface area is 72.1 Å². The maximum absolute atomic E-state index is 5.59. The second-order valence-electron chi connectivity index (χ2n) is 3.05. The number of nitrogens with two attached hydrogens (primary N) is 1. The highest BCUT2D eigenvalue weighted by Crippen LogP contribution is 2.14. The van der Waals surface area contributed by atoms with Gasteiger partial charge in [-0.2, -0.15) is 0 Å². The number of nitrogens with zero attached hydrogens (tertiary/aromatic N) is 1. The van der Waals surface area contributed by atoms with Gasteiger partial charge in [-0.3, -0.25) is 4.99 Å². The Morgan fingerprint density at radius 1 is 1.17 bits per heavy atom. The van der Waals surface area contributed by atoms with E-state index in [1.54, 1.807) is 0 Å². The van der Waals surface area contributed by atoms with Crippen molar-refractivity contribution in [2.45, 2.75) is 12.8 Å². The maximum Gasteiger partial charge on any atom is 0.0421 e. The monoisotopic (exact) mass is 160 g/mol. The Morgan fingerprint density at radius 2 is 1.92 bits per heavy atom. The van der Waals surface area contributed by atoms with Crippen LogP contribution < -0.4 is 5.73 Å². The summed E-state index contributed by atoms with van der Waals surface area (Å²) in [6, 6.07) is 7.94. The normalized spacial score (nSPS) is 16.2. The third kappa shape index (κ3) is 1.33. The van der Waals surface area contributed by atoms with Crippen LogP contribution in [0.15, 0.2) is 29.3 Å². The van der Waals surface area contributed by atoms with Crippen LogP contribution >= 0.6 is 0 Å². The first-order valence-corrected chi connectivity index (χ1v) is 4.25. The minimum absolute atomic E-state index is 0.817. The molecule has 1 aromatic rings. The highest BCUT2D eigenvalue weighted by Gasteiger charge is 2.07. The van der Waals surface area contributed by atoms with E-state index < -0.39 is 0 Å². The van der Waals surface area contributed by atoms with Crippen molar-refractivity contribution < 1.29 is 0 Å². The summed E-state index contributed by atoms with van der Waals surface area (Å²) in [6.07, 6.45) is 2.31. The fourth-order valence-corrected chi connectivity index (χ4v) is 1.45. The van der Waals surface area contributed by atoms with Crippen LogP contribution in [0, 0.1) is 0 Å². The van der Waals surface area contributed by atoms with E-state index in [1.807, 2.05) is 24.3 Å². The molecule has 1 aliphatic rings. The summed E-state index contributed by atoms with van der Waals surface area (Å²) in [7, 11) is 0. The van der Waals surface area contributed by atoms with E-state index in [0.29, 0.717) is 0 Å². The zero-order valence-corrected chi connectivity index (χ0v) is 6.96. The second kappa shape index (κ2) is 2.97. The van der Waals surface area contributed by atoms with Crippen LogP contribution in [0.3, 0.4) is 0 Å². The van der Waals surface area contributed by atoms with Crippen LogP contribution in [0.25, 0.3) is 0 Å². The number of hydrogen-bond donors (Lipinski definition) is 1. The standard InChI is InChI=1S/C10H12N2/c11-9-5-3-8(4-6-9)10-2-1-7-12-10/h3-6H,1-2,7,11H2.